The predicted octanol–water partition coefficient (Wildman–Crippen LogP) is 6.29. The SMILES string of the molecule is CCOc1ccc(-n2c(Cc3ccccc3)nnc2SCC(=O)Nc2cc(Cl)cc(Cl)c2)cc1. The van der Waals surface area contributed by atoms with Gasteiger partial charge in [0, 0.05) is 27.8 Å². The Morgan fingerprint density at radius 1 is 1.00 bits per heavy atom. The van der Waals surface area contributed by atoms with Crippen LogP contribution in [0.25, 0.3) is 5.69 Å². The highest BCUT2D eigenvalue weighted by Crippen LogP contribution is 2.26. The van der Waals surface area contributed by atoms with E-state index >= 15 is 0 Å². The molecule has 0 atom stereocenters. The fourth-order valence-electron chi connectivity index (χ4n) is 3.36. The zero-order valence-electron chi connectivity index (χ0n) is 18.4. The lowest BCUT2D eigenvalue weighted by molar-refractivity contribution is -0.113. The monoisotopic (exact) mass is 512 g/mol. The first-order valence-electron chi connectivity index (χ1n) is 10.6. The largest absolute Gasteiger partial charge is 0.494 e. The van der Waals surface area contributed by atoms with Gasteiger partial charge in [0.25, 0.3) is 0 Å². The maximum atomic E-state index is 12.6. The van der Waals surface area contributed by atoms with Gasteiger partial charge in [-0.05, 0) is 55.0 Å². The molecule has 0 saturated carbocycles. The van der Waals surface area contributed by atoms with E-state index in [0.717, 1.165) is 22.8 Å². The number of aromatic nitrogens is 3. The first kappa shape index (κ1) is 24.1. The van der Waals surface area contributed by atoms with E-state index in [4.69, 9.17) is 27.9 Å². The van der Waals surface area contributed by atoms with E-state index in [1.165, 1.54) is 11.8 Å². The molecule has 0 unspecified atom stereocenters. The second kappa shape index (κ2) is 11.4. The molecule has 1 heterocycles. The predicted molar refractivity (Wildman–Crippen MR) is 138 cm³/mol. The average Bonchev–Trinajstić information content (AvgIpc) is 3.21. The number of hydrogen-bond acceptors (Lipinski definition) is 5. The van der Waals surface area contributed by atoms with Crippen molar-refractivity contribution >= 4 is 46.6 Å². The molecular formula is C25H22Cl2N4O2S. The molecule has 1 N–H and O–H groups in total. The van der Waals surface area contributed by atoms with E-state index in [2.05, 4.69) is 15.5 Å². The van der Waals surface area contributed by atoms with E-state index in [1.807, 2.05) is 66.1 Å². The molecule has 1 amide bonds. The van der Waals surface area contributed by atoms with E-state index in [-0.39, 0.29) is 11.7 Å². The first-order valence-corrected chi connectivity index (χ1v) is 12.4. The Morgan fingerprint density at radius 2 is 1.71 bits per heavy atom. The van der Waals surface area contributed by atoms with Crippen molar-refractivity contribution in [2.45, 2.75) is 18.5 Å². The summed E-state index contributed by atoms with van der Waals surface area (Å²) < 4.78 is 7.54. The minimum absolute atomic E-state index is 0.143. The number of anilines is 1. The maximum Gasteiger partial charge on any atom is 0.234 e. The molecule has 0 aliphatic carbocycles. The van der Waals surface area contributed by atoms with Gasteiger partial charge >= 0.3 is 0 Å². The van der Waals surface area contributed by atoms with Crippen molar-refractivity contribution in [2.75, 3.05) is 17.7 Å². The summed E-state index contributed by atoms with van der Waals surface area (Å²) in [4.78, 5) is 12.6. The average molecular weight is 513 g/mol. The number of nitrogens with zero attached hydrogens (tertiary/aromatic N) is 3. The van der Waals surface area contributed by atoms with Gasteiger partial charge in [-0.1, -0.05) is 65.3 Å². The summed E-state index contributed by atoms with van der Waals surface area (Å²) in [5, 5.41) is 13.2. The minimum atomic E-state index is -0.200. The van der Waals surface area contributed by atoms with Crippen molar-refractivity contribution in [3.05, 3.63) is 94.2 Å². The van der Waals surface area contributed by atoms with Gasteiger partial charge in [-0.25, -0.2) is 0 Å². The summed E-state index contributed by atoms with van der Waals surface area (Å²) in [6, 6.07) is 22.7. The van der Waals surface area contributed by atoms with Crippen molar-refractivity contribution in [3.8, 4) is 11.4 Å². The highest BCUT2D eigenvalue weighted by Gasteiger charge is 2.17. The first-order chi connectivity index (χ1) is 16.5. The van der Waals surface area contributed by atoms with Gasteiger partial charge in [-0.3, -0.25) is 9.36 Å². The van der Waals surface area contributed by atoms with Crippen molar-refractivity contribution < 1.29 is 9.53 Å². The van der Waals surface area contributed by atoms with Gasteiger partial charge in [0.05, 0.1) is 12.4 Å². The smallest absolute Gasteiger partial charge is 0.234 e. The number of halogens is 2. The minimum Gasteiger partial charge on any atom is -0.494 e. The van der Waals surface area contributed by atoms with Crippen LogP contribution in [-0.4, -0.2) is 33.0 Å². The van der Waals surface area contributed by atoms with Crippen LogP contribution in [0.3, 0.4) is 0 Å². The molecule has 0 radical (unpaired) electrons. The third kappa shape index (κ3) is 6.32. The Morgan fingerprint density at radius 3 is 2.38 bits per heavy atom. The number of carbonyl (C=O) groups excluding carboxylic acids is 1. The van der Waals surface area contributed by atoms with Crippen LogP contribution in [0.15, 0.2) is 78.0 Å². The normalized spacial score (nSPS) is 10.8. The number of benzene rings is 3. The van der Waals surface area contributed by atoms with Crippen LogP contribution in [0.2, 0.25) is 10.0 Å². The number of thioether (sulfide) groups is 1. The van der Waals surface area contributed by atoms with Crippen molar-refractivity contribution in [3.63, 3.8) is 0 Å². The van der Waals surface area contributed by atoms with Gasteiger partial charge in [-0.2, -0.15) is 0 Å². The van der Waals surface area contributed by atoms with Gasteiger partial charge in [0.15, 0.2) is 5.16 Å². The maximum absolute atomic E-state index is 12.6. The second-order valence-electron chi connectivity index (χ2n) is 7.32. The molecule has 0 spiro atoms. The van der Waals surface area contributed by atoms with Crippen LogP contribution >= 0.6 is 35.0 Å². The van der Waals surface area contributed by atoms with Gasteiger partial charge in [0.2, 0.25) is 5.91 Å². The number of carbonyl (C=O) groups is 1. The third-order valence-corrected chi connectivity index (χ3v) is 6.16. The topological polar surface area (TPSA) is 69.0 Å². The van der Waals surface area contributed by atoms with E-state index in [0.29, 0.717) is 33.9 Å². The van der Waals surface area contributed by atoms with Crippen LogP contribution in [0.4, 0.5) is 5.69 Å². The lowest BCUT2D eigenvalue weighted by Gasteiger charge is -2.12. The molecule has 1 aromatic heterocycles. The zero-order valence-corrected chi connectivity index (χ0v) is 20.7. The summed E-state index contributed by atoms with van der Waals surface area (Å²) in [5.41, 5.74) is 2.55. The molecule has 0 bridgehead atoms. The van der Waals surface area contributed by atoms with Crippen LogP contribution in [-0.2, 0) is 11.2 Å². The standard InChI is InChI=1S/C25H22Cl2N4O2S/c1-2-33-22-10-8-21(9-11-22)31-23(12-17-6-4-3-5-7-17)29-30-25(31)34-16-24(32)28-20-14-18(26)13-19(27)15-20/h3-11,13-15H,2,12,16H2,1H3,(H,28,32). The Bertz CT molecular complexity index is 1240. The Kier molecular flexibility index (Phi) is 8.11. The third-order valence-electron chi connectivity index (χ3n) is 4.79. The molecule has 0 saturated heterocycles. The molecule has 0 fully saturated rings. The lowest BCUT2D eigenvalue weighted by Crippen LogP contribution is -2.14. The molecule has 34 heavy (non-hydrogen) atoms. The molecule has 174 valence electrons. The molecule has 6 nitrogen and oxygen atoms in total. The lowest BCUT2D eigenvalue weighted by atomic mass is 10.1. The van der Waals surface area contributed by atoms with Gasteiger partial charge in [0.1, 0.15) is 11.6 Å². The van der Waals surface area contributed by atoms with E-state index < -0.39 is 0 Å². The van der Waals surface area contributed by atoms with E-state index in [9.17, 15) is 4.79 Å². The summed E-state index contributed by atoms with van der Waals surface area (Å²) >= 11 is 13.4. The Hall–Kier alpha value is -3.00. The molecule has 4 aromatic rings. The number of hydrogen-bond donors (Lipinski definition) is 1. The molecule has 0 aliphatic heterocycles. The van der Waals surface area contributed by atoms with Crippen molar-refractivity contribution in [1.82, 2.24) is 14.8 Å². The van der Waals surface area contributed by atoms with Crippen LogP contribution < -0.4 is 10.1 Å². The number of amides is 1. The fourth-order valence-corrected chi connectivity index (χ4v) is 4.65. The summed E-state index contributed by atoms with van der Waals surface area (Å²) in [7, 11) is 0. The number of ether oxygens (including phenoxy) is 1. The fraction of sp³-hybridized carbons (Fsp3) is 0.160. The summed E-state index contributed by atoms with van der Waals surface area (Å²) in [5.74, 6) is 1.51. The molecule has 4 rings (SSSR count). The quantitative estimate of drug-likeness (QED) is 0.266. The molecular weight excluding hydrogens is 491 g/mol. The molecule has 3 aromatic carbocycles. The van der Waals surface area contributed by atoms with E-state index in [1.54, 1.807) is 18.2 Å². The molecule has 9 heteroatoms. The summed E-state index contributed by atoms with van der Waals surface area (Å²) in [6.07, 6.45) is 0.606. The number of nitrogens with one attached hydrogen (secondary N) is 1. The summed E-state index contributed by atoms with van der Waals surface area (Å²) in [6.45, 7) is 2.54. The second-order valence-corrected chi connectivity index (χ2v) is 9.13. The Labute approximate surface area is 212 Å². The van der Waals surface area contributed by atoms with Crippen LogP contribution in [0.1, 0.15) is 18.3 Å². The molecule has 0 aliphatic rings. The van der Waals surface area contributed by atoms with Crippen molar-refractivity contribution in [2.24, 2.45) is 0 Å². The van der Waals surface area contributed by atoms with Gasteiger partial charge < -0.3 is 10.1 Å². The van der Waals surface area contributed by atoms with Crippen LogP contribution in [0.5, 0.6) is 5.75 Å². The zero-order chi connectivity index (χ0) is 23.9. The van der Waals surface area contributed by atoms with Crippen LogP contribution in [0, 0.1) is 0 Å². The highest BCUT2D eigenvalue weighted by atomic mass is 35.5. The Balaban J connectivity index is 1.55. The van der Waals surface area contributed by atoms with Crippen molar-refractivity contribution in [1.29, 1.82) is 0 Å². The highest BCUT2D eigenvalue weighted by molar-refractivity contribution is 7.99. The number of rotatable bonds is 9. The van der Waals surface area contributed by atoms with Gasteiger partial charge in [-0.15, -0.1) is 10.2 Å².